The molecule has 4 saturated carbocycles. The zero-order chi connectivity index (χ0) is 19.3. The van der Waals surface area contributed by atoms with Crippen LogP contribution in [0.5, 0.6) is 0 Å². The molecule has 1 aromatic heterocycles. The van der Waals surface area contributed by atoms with E-state index in [1.165, 1.54) is 23.8 Å². The summed E-state index contributed by atoms with van der Waals surface area (Å²) in [5.74, 6) is 2.04. The van der Waals surface area contributed by atoms with Gasteiger partial charge in [0, 0.05) is 18.9 Å². The number of imidazole rings is 1. The van der Waals surface area contributed by atoms with E-state index in [0.29, 0.717) is 36.6 Å². The first-order valence-electron chi connectivity index (χ1n) is 10.5. The van der Waals surface area contributed by atoms with E-state index in [2.05, 4.69) is 0 Å². The summed E-state index contributed by atoms with van der Waals surface area (Å²) in [7, 11) is 1.63. The van der Waals surface area contributed by atoms with E-state index in [1.807, 2.05) is 36.5 Å². The number of hydrogen-bond donors (Lipinski definition) is 0. The number of ether oxygens (including phenoxy) is 1. The summed E-state index contributed by atoms with van der Waals surface area (Å²) in [4.78, 5) is 27.2. The first kappa shape index (κ1) is 17.9. The highest BCUT2D eigenvalue weighted by Crippen LogP contribution is 2.60. The standard InChI is InChI=1S/C23H28N2O3/c1-28-8-7-24-15-20(19-5-3-2-4-6-19)25(22(24)27)21(26)23-12-16-9-17(13-23)11-18(10-16)14-23/h2-6,15-18H,7-14H2,1H3. The van der Waals surface area contributed by atoms with Gasteiger partial charge in [0.15, 0.2) is 0 Å². The van der Waals surface area contributed by atoms with Gasteiger partial charge in [-0.2, -0.15) is 0 Å². The lowest BCUT2D eigenvalue weighted by molar-refractivity contribution is -0.0402. The van der Waals surface area contributed by atoms with E-state index >= 15 is 0 Å². The largest absolute Gasteiger partial charge is 0.383 e. The molecular formula is C23H28N2O3. The SMILES string of the molecule is COCCn1cc(-c2ccccc2)n(C(=O)C23CC4CC(CC(C4)C2)C3)c1=O. The number of hydrogen-bond acceptors (Lipinski definition) is 3. The zero-order valence-corrected chi connectivity index (χ0v) is 16.5. The van der Waals surface area contributed by atoms with Crippen LogP contribution in [0.4, 0.5) is 0 Å². The molecule has 1 aromatic carbocycles. The number of methoxy groups -OCH3 is 1. The van der Waals surface area contributed by atoms with E-state index in [-0.39, 0.29) is 17.0 Å². The molecule has 0 amide bonds. The average molecular weight is 380 g/mol. The van der Waals surface area contributed by atoms with Crippen molar-refractivity contribution in [2.45, 2.75) is 45.1 Å². The Labute approximate surface area is 165 Å². The van der Waals surface area contributed by atoms with Crippen molar-refractivity contribution in [1.82, 2.24) is 9.13 Å². The van der Waals surface area contributed by atoms with Crippen LogP contribution in [0.1, 0.15) is 43.3 Å². The van der Waals surface area contributed by atoms with Crippen LogP contribution in [0.2, 0.25) is 0 Å². The predicted molar refractivity (Wildman–Crippen MR) is 107 cm³/mol. The minimum Gasteiger partial charge on any atom is -0.383 e. The molecule has 0 spiro atoms. The van der Waals surface area contributed by atoms with Crippen molar-refractivity contribution in [1.29, 1.82) is 0 Å². The predicted octanol–water partition coefficient (Wildman–Crippen LogP) is 3.82. The van der Waals surface area contributed by atoms with Crippen LogP contribution in [0.15, 0.2) is 41.3 Å². The summed E-state index contributed by atoms with van der Waals surface area (Å²) in [5.41, 5.74) is 1.06. The fourth-order valence-electron chi connectivity index (χ4n) is 6.46. The number of benzene rings is 1. The number of aromatic nitrogens is 2. The van der Waals surface area contributed by atoms with Crippen molar-refractivity contribution < 1.29 is 9.53 Å². The minimum atomic E-state index is -0.338. The van der Waals surface area contributed by atoms with Gasteiger partial charge in [0.05, 0.1) is 24.3 Å². The Bertz CT molecular complexity index is 905. The molecule has 4 aliphatic carbocycles. The molecule has 6 rings (SSSR count). The maximum absolute atomic E-state index is 13.9. The first-order valence-corrected chi connectivity index (χ1v) is 10.5. The van der Waals surface area contributed by atoms with Crippen molar-refractivity contribution in [3.8, 4) is 11.3 Å². The van der Waals surface area contributed by atoms with Crippen LogP contribution in [0, 0.1) is 23.2 Å². The van der Waals surface area contributed by atoms with Crippen LogP contribution in [-0.4, -0.2) is 28.8 Å². The number of carbonyl (C=O) groups is 1. The van der Waals surface area contributed by atoms with E-state index < -0.39 is 0 Å². The molecule has 28 heavy (non-hydrogen) atoms. The zero-order valence-electron chi connectivity index (χ0n) is 16.5. The molecule has 0 radical (unpaired) electrons. The lowest BCUT2D eigenvalue weighted by Gasteiger charge is -2.55. The fourth-order valence-corrected chi connectivity index (χ4v) is 6.46. The van der Waals surface area contributed by atoms with Crippen LogP contribution in [-0.2, 0) is 11.3 Å². The highest BCUT2D eigenvalue weighted by molar-refractivity contribution is 5.89. The van der Waals surface area contributed by atoms with Gasteiger partial charge in [-0.1, -0.05) is 30.3 Å². The number of nitrogens with zero attached hydrogens (tertiary/aromatic N) is 2. The van der Waals surface area contributed by atoms with Gasteiger partial charge < -0.3 is 4.74 Å². The third kappa shape index (κ3) is 2.79. The van der Waals surface area contributed by atoms with Crippen molar-refractivity contribution in [3.63, 3.8) is 0 Å². The summed E-state index contributed by atoms with van der Waals surface area (Å²) in [6.45, 7) is 0.903. The topological polar surface area (TPSA) is 53.2 Å². The third-order valence-electron chi connectivity index (χ3n) is 7.26. The molecule has 1 heterocycles. The molecule has 0 N–H and O–H groups in total. The van der Waals surface area contributed by atoms with Crippen LogP contribution in [0.3, 0.4) is 0 Å². The molecule has 4 bridgehead atoms. The van der Waals surface area contributed by atoms with E-state index in [1.54, 1.807) is 11.7 Å². The van der Waals surface area contributed by atoms with Gasteiger partial charge >= 0.3 is 5.69 Å². The Morgan fingerprint density at radius 1 is 1.07 bits per heavy atom. The second kappa shape index (κ2) is 6.73. The molecule has 5 nitrogen and oxygen atoms in total. The molecule has 0 aliphatic heterocycles. The normalized spacial score (nSPS) is 30.7. The molecule has 0 atom stereocenters. The number of rotatable bonds is 5. The van der Waals surface area contributed by atoms with Gasteiger partial charge in [-0.05, 0) is 56.3 Å². The summed E-state index contributed by atoms with van der Waals surface area (Å²) in [5, 5.41) is 0. The third-order valence-corrected chi connectivity index (χ3v) is 7.26. The van der Waals surface area contributed by atoms with Crippen LogP contribution >= 0.6 is 0 Å². The lowest BCUT2D eigenvalue weighted by Crippen LogP contribution is -2.53. The molecule has 0 saturated heterocycles. The Morgan fingerprint density at radius 2 is 1.68 bits per heavy atom. The van der Waals surface area contributed by atoms with Crippen molar-refractivity contribution >= 4 is 5.91 Å². The quantitative estimate of drug-likeness (QED) is 0.792. The van der Waals surface area contributed by atoms with E-state index in [0.717, 1.165) is 24.8 Å². The summed E-state index contributed by atoms with van der Waals surface area (Å²) in [6.07, 6.45) is 8.55. The Morgan fingerprint density at radius 3 is 2.25 bits per heavy atom. The lowest BCUT2D eigenvalue weighted by atomic mass is 9.49. The van der Waals surface area contributed by atoms with Crippen molar-refractivity contribution in [2.75, 3.05) is 13.7 Å². The van der Waals surface area contributed by atoms with Crippen LogP contribution in [0.25, 0.3) is 11.3 Å². The molecule has 4 aliphatic rings. The molecular weight excluding hydrogens is 352 g/mol. The molecule has 0 unspecified atom stereocenters. The van der Waals surface area contributed by atoms with Gasteiger partial charge in [0.2, 0.25) is 5.91 Å². The maximum atomic E-state index is 13.9. The van der Waals surface area contributed by atoms with Gasteiger partial charge in [-0.3, -0.25) is 9.36 Å². The summed E-state index contributed by atoms with van der Waals surface area (Å²) >= 11 is 0. The monoisotopic (exact) mass is 380 g/mol. The highest BCUT2D eigenvalue weighted by Gasteiger charge is 2.55. The molecule has 5 heteroatoms. The van der Waals surface area contributed by atoms with Gasteiger partial charge in [0.1, 0.15) is 0 Å². The van der Waals surface area contributed by atoms with Crippen molar-refractivity contribution in [2.24, 2.45) is 23.2 Å². The Hall–Kier alpha value is -2.14. The fraction of sp³-hybridized carbons (Fsp3) is 0.565. The second-order valence-electron chi connectivity index (χ2n) is 9.19. The second-order valence-corrected chi connectivity index (χ2v) is 9.19. The molecule has 148 valence electrons. The molecule has 4 fully saturated rings. The van der Waals surface area contributed by atoms with Gasteiger partial charge in [-0.15, -0.1) is 0 Å². The van der Waals surface area contributed by atoms with Crippen LogP contribution < -0.4 is 5.69 Å². The Kier molecular flexibility index (Phi) is 4.31. The first-order chi connectivity index (χ1) is 13.6. The van der Waals surface area contributed by atoms with E-state index in [4.69, 9.17) is 4.74 Å². The highest BCUT2D eigenvalue weighted by atomic mass is 16.5. The summed E-state index contributed by atoms with van der Waals surface area (Å²) < 4.78 is 8.28. The summed E-state index contributed by atoms with van der Waals surface area (Å²) in [6, 6.07) is 9.80. The smallest absolute Gasteiger partial charge is 0.335 e. The maximum Gasteiger partial charge on any atom is 0.335 e. The van der Waals surface area contributed by atoms with Crippen molar-refractivity contribution in [3.05, 3.63) is 47.0 Å². The van der Waals surface area contributed by atoms with Gasteiger partial charge in [-0.25, -0.2) is 9.36 Å². The molecule has 2 aromatic rings. The van der Waals surface area contributed by atoms with Gasteiger partial charge in [0.25, 0.3) is 0 Å². The average Bonchev–Trinajstić information content (AvgIpc) is 3.01. The Balaban J connectivity index is 1.59. The number of carbonyl (C=O) groups excluding carboxylic acids is 1. The minimum absolute atomic E-state index is 0.0339. The van der Waals surface area contributed by atoms with E-state index in [9.17, 15) is 9.59 Å².